The van der Waals surface area contributed by atoms with Gasteiger partial charge in [-0.2, -0.15) is 0 Å². The molecule has 0 bridgehead atoms. The monoisotopic (exact) mass is 294 g/mol. The van der Waals surface area contributed by atoms with Crippen molar-refractivity contribution in [3.8, 4) is 0 Å². The van der Waals surface area contributed by atoms with Gasteiger partial charge >= 0.3 is 11.9 Å². The number of hydrogen-bond donors (Lipinski definition) is 2. The smallest absolute Gasteiger partial charge is 0.364 e. The van der Waals surface area contributed by atoms with E-state index in [1.165, 1.54) is 25.4 Å². The van der Waals surface area contributed by atoms with E-state index in [9.17, 15) is 14.7 Å². The largest absolute Gasteiger partial charge is 0.465 e. The molecule has 1 aliphatic heterocycles. The van der Waals surface area contributed by atoms with E-state index in [1.54, 1.807) is 0 Å². The zero-order chi connectivity index (χ0) is 15.3. The molecule has 0 spiro atoms. The van der Waals surface area contributed by atoms with E-state index in [4.69, 9.17) is 0 Å². The van der Waals surface area contributed by atoms with Crippen molar-refractivity contribution < 1.29 is 23.9 Å². The average molecular weight is 294 g/mol. The van der Waals surface area contributed by atoms with E-state index in [2.05, 4.69) is 15.0 Å². The lowest BCUT2D eigenvalue weighted by molar-refractivity contribution is -0.851. The molecule has 7 heteroatoms. The molecular weight excluding hydrogens is 274 g/mol. The molecule has 2 rings (SSSR count). The van der Waals surface area contributed by atoms with E-state index in [0.29, 0.717) is 30.9 Å². The summed E-state index contributed by atoms with van der Waals surface area (Å²) in [7, 11) is 1.30. The quantitative estimate of drug-likeness (QED) is 0.570. The molecule has 0 aromatic carbocycles. The van der Waals surface area contributed by atoms with Crippen LogP contribution >= 0.6 is 0 Å². The highest BCUT2D eigenvalue weighted by atomic mass is 16.5. The molecular formula is C14H20N3O4+. The SMILES string of the molecule is COC(=O)c1ccc(C(=O)[N+]2(CCO)CCNCC2)nc1. The first-order valence-corrected chi connectivity index (χ1v) is 6.90. The van der Waals surface area contributed by atoms with Gasteiger partial charge < -0.3 is 15.2 Å². The molecule has 7 nitrogen and oxygen atoms in total. The number of quaternary nitrogens is 1. The van der Waals surface area contributed by atoms with Crippen molar-refractivity contribution >= 4 is 11.9 Å². The predicted octanol–water partition coefficient (Wildman–Crippen LogP) is -0.579. The zero-order valence-corrected chi connectivity index (χ0v) is 12.0. The number of esters is 1. The van der Waals surface area contributed by atoms with Crippen LogP contribution in [0.1, 0.15) is 20.8 Å². The fraction of sp³-hybridized carbons (Fsp3) is 0.500. The second-order valence-electron chi connectivity index (χ2n) is 5.02. The van der Waals surface area contributed by atoms with E-state index in [0.717, 1.165) is 13.1 Å². The van der Waals surface area contributed by atoms with Gasteiger partial charge in [-0.1, -0.05) is 0 Å². The topological polar surface area (TPSA) is 88.5 Å². The van der Waals surface area contributed by atoms with Gasteiger partial charge in [0.15, 0.2) is 5.69 Å². The first-order chi connectivity index (χ1) is 10.1. The van der Waals surface area contributed by atoms with Gasteiger partial charge in [0, 0.05) is 19.3 Å². The van der Waals surface area contributed by atoms with Crippen molar-refractivity contribution in [2.75, 3.05) is 46.4 Å². The number of piperazine rings is 1. The van der Waals surface area contributed by atoms with Crippen molar-refractivity contribution in [3.63, 3.8) is 0 Å². The molecule has 0 saturated carbocycles. The first kappa shape index (κ1) is 15.6. The Bertz CT molecular complexity index is 504. The number of amides is 1. The summed E-state index contributed by atoms with van der Waals surface area (Å²) in [6, 6.07) is 3.07. The number of carbonyl (C=O) groups excluding carboxylic acids is 2. The molecule has 0 unspecified atom stereocenters. The Morgan fingerprint density at radius 1 is 1.38 bits per heavy atom. The molecule has 0 aliphatic carbocycles. The van der Waals surface area contributed by atoms with Crippen LogP contribution in [0.15, 0.2) is 18.3 Å². The minimum atomic E-state index is -0.483. The van der Waals surface area contributed by atoms with Gasteiger partial charge in [0.1, 0.15) is 6.54 Å². The Hall–Kier alpha value is -1.83. The summed E-state index contributed by atoms with van der Waals surface area (Å²) in [6.45, 7) is 3.03. The maximum atomic E-state index is 12.7. The Morgan fingerprint density at radius 2 is 2.10 bits per heavy atom. The molecule has 21 heavy (non-hydrogen) atoms. The summed E-state index contributed by atoms with van der Waals surface area (Å²) in [5.41, 5.74) is 0.612. The Balaban J connectivity index is 2.22. The standard InChI is InChI=1S/C14H20N3O4/c1-21-14(20)11-2-3-12(16-10-11)13(19)17(8-9-18)6-4-15-5-7-17/h2-3,10,15,18H,4-9H2,1H3/q+1. The van der Waals surface area contributed by atoms with Crippen molar-refractivity contribution in [1.82, 2.24) is 10.3 Å². The summed E-state index contributed by atoms with van der Waals surface area (Å²) in [5.74, 6) is -0.607. The molecule has 0 atom stereocenters. The number of nitrogens with zero attached hydrogens (tertiary/aromatic N) is 2. The molecule has 114 valence electrons. The summed E-state index contributed by atoms with van der Waals surface area (Å²) < 4.78 is 4.79. The van der Waals surface area contributed by atoms with Crippen molar-refractivity contribution in [3.05, 3.63) is 29.6 Å². The van der Waals surface area contributed by atoms with Gasteiger partial charge in [-0.15, -0.1) is 0 Å². The molecule has 2 heterocycles. The third-order valence-corrected chi connectivity index (χ3v) is 3.80. The number of methoxy groups -OCH3 is 1. The maximum absolute atomic E-state index is 12.7. The number of aliphatic hydroxyl groups excluding tert-OH is 1. The summed E-state index contributed by atoms with van der Waals surface area (Å²) in [5, 5.41) is 12.5. The molecule has 1 saturated heterocycles. The van der Waals surface area contributed by atoms with E-state index < -0.39 is 5.97 Å². The molecule has 1 aromatic rings. The fourth-order valence-electron chi connectivity index (χ4n) is 2.54. The van der Waals surface area contributed by atoms with Crippen molar-refractivity contribution in [2.24, 2.45) is 0 Å². The number of aliphatic hydroxyl groups is 1. The highest BCUT2D eigenvalue weighted by Gasteiger charge is 2.39. The van der Waals surface area contributed by atoms with Crippen molar-refractivity contribution in [2.45, 2.75) is 0 Å². The number of nitrogens with one attached hydrogen (secondary N) is 1. The third kappa shape index (κ3) is 3.26. The van der Waals surface area contributed by atoms with Crippen LogP contribution in [0.5, 0.6) is 0 Å². The number of ether oxygens (including phenoxy) is 1. The van der Waals surface area contributed by atoms with Gasteiger partial charge in [-0.3, -0.25) is 4.48 Å². The summed E-state index contributed by atoms with van der Waals surface area (Å²) in [4.78, 5) is 28.2. The Labute approximate surface area is 123 Å². The molecule has 2 N–H and O–H groups in total. The first-order valence-electron chi connectivity index (χ1n) is 6.90. The van der Waals surface area contributed by atoms with Crippen molar-refractivity contribution in [1.29, 1.82) is 0 Å². The number of carbonyl (C=O) groups is 2. The number of hydrogen-bond acceptors (Lipinski definition) is 6. The van der Waals surface area contributed by atoms with Crippen LogP contribution in [0.3, 0.4) is 0 Å². The minimum absolute atomic E-state index is 0.0496. The number of rotatable bonds is 4. The number of pyridine rings is 1. The van der Waals surface area contributed by atoms with E-state index >= 15 is 0 Å². The van der Waals surface area contributed by atoms with E-state index in [1.807, 2.05) is 0 Å². The van der Waals surface area contributed by atoms with Crippen LogP contribution in [0.4, 0.5) is 0 Å². The molecule has 0 radical (unpaired) electrons. The van der Waals surface area contributed by atoms with Crippen LogP contribution in [0, 0.1) is 0 Å². The van der Waals surface area contributed by atoms with Gasteiger partial charge in [-0.05, 0) is 12.1 Å². The molecule has 1 fully saturated rings. The average Bonchev–Trinajstić information content (AvgIpc) is 2.54. The van der Waals surface area contributed by atoms with Gasteiger partial charge in [0.05, 0.1) is 32.4 Å². The minimum Gasteiger partial charge on any atom is -0.465 e. The summed E-state index contributed by atoms with van der Waals surface area (Å²) in [6.07, 6.45) is 1.34. The Morgan fingerprint density at radius 3 is 2.62 bits per heavy atom. The van der Waals surface area contributed by atoms with E-state index in [-0.39, 0.29) is 17.0 Å². The highest BCUT2D eigenvalue weighted by molar-refractivity contribution is 5.91. The molecule has 1 aliphatic rings. The predicted molar refractivity (Wildman–Crippen MR) is 74.7 cm³/mol. The van der Waals surface area contributed by atoms with Crippen LogP contribution < -0.4 is 5.32 Å². The Kier molecular flexibility index (Phi) is 5.00. The van der Waals surface area contributed by atoms with Crippen LogP contribution in [-0.2, 0) is 4.74 Å². The van der Waals surface area contributed by atoms with Crippen LogP contribution in [-0.4, -0.2) is 72.9 Å². The number of aromatic nitrogens is 1. The molecule has 1 aromatic heterocycles. The third-order valence-electron chi connectivity index (χ3n) is 3.80. The van der Waals surface area contributed by atoms with Gasteiger partial charge in [0.25, 0.3) is 0 Å². The lowest BCUT2D eigenvalue weighted by Gasteiger charge is -2.38. The second-order valence-corrected chi connectivity index (χ2v) is 5.02. The second kappa shape index (κ2) is 6.75. The highest BCUT2D eigenvalue weighted by Crippen LogP contribution is 2.15. The summed E-state index contributed by atoms with van der Waals surface area (Å²) >= 11 is 0. The van der Waals surface area contributed by atoms with Crippen LogP contribution in [0.25, 0.3) is 0 Å². The van der Waals surface area contributed by atoms with Crippen LogP contribution in [0.2, 0.25) is 0 Å². The lowest BCUT2D eigenvalue weighted by atomic mass is 10.2. The van der Waals surface area contributed by atoms with Gasteiger partial charge in [0.2, 0.25) is 0 Å². The normalized spacial score (nSPS) is 17.2. The fourth-order valence-corrected chi connectivity index (χ4v) is 2.54. The lowest BCUT2D eigenvalue weighted by Crippen LogP contribution is -2.62. The zero-order valence-electron chi connectivity index (χ0n) is 12.0. The van der Waals surface area contributed by atoms with Gasteiger partial charge in [-0.25, -0.2) is 14.6 Å². The molecule has 1 amide bonds. The maximum Gasteiger partial charge on any atom is 0.364 e.